The molecular formula is C32H30Cl2N6O8. The molecule has 250 valence electrons. The first-order chi connectivity index (χ1) is 22.8. The van der Waals surface area contributed by atoms with Crippen LogP contribution in [0.3, 0.4) is 0 Å². The maximum atomic E-state index is 14.1. The molecule has 48 heavy (non-hydrogen) atoms. The van der Waals surface area contributed by atoms with Gasteiger partial charge < -0.3 is 19.1 Å². The molecule has 16 heteroatoms. The number of hydrogen-bond acceptors (Lipinski definition) is 9. The van der Waals surface area contributed by atoms with Crippen molar-refractivity contribution in [1.82, 2.24) is 28.4 Å². The number of phenols is 1. The van der Waals surface area contributed by atoms with E-state index in [1.54, 1.807) is 37.4 Å². The molecule has 0 bridgehead atoms. The lowest BCUT2D eigenvalue weighted by Gasteiger charge is -2.49. The van der Waals surface area contributed by atoms with Gasteiger partial charge in [-0.1, -0.05) is 18.2 Å². The third-order valence-corrected chi connectivity index (χ3v) is 11.2. The van der Waals surface area contributed by atoms with E-state index in [0.717, 1.165) is 9.47 Å². The second-order valence-corrected chi connectivity index (χ2v) is 13.4. The minimum absolute atomic E-state index is 0.0416. The Kier molecular flexibility index (Phi) is 7.18. The van der Waals surface area contributed by atoms with Gasteiger partial charge in [0, 0.05) is 51.5 Å². The van der Waals surface area contributed by atoms with Crippen molar-refractivity contribution in [2.45, 2.75) is 47.6 Å². The van der Waals surface area contributed by atoms with E-state index >= 15 is 0 Å². The van der Waals surface area contributed by atoms with Crippen LogP contribution in [0.5, 0.6) is 17.2 Å². The fourth-order valence-electron chi connectivity index (χ4n) is 7.41. The van der Waals surface area contributed by atoms with E-state index in [2.05, 4.69) is 4.98 Å². The molecular weight excluding hydrogens is 667 g/mol. The van der Waals surface area contributed by atoms with E-state index in [1.165, 1.54) is 47.3 Å². The molecule has 4 heterocycles. The number of ether oxygens (including phenoxy) is 2. The molecule has 2 aliphatic heterocycles. The number of benzene rings is 2. The molecule has 4 atom stereocenters. The molecule has 1 saturated carbocycles. The van der Waals surface area contributed by atoms with E-state index in [-0.39, 0.29) is 37.4 Å². The van der Waals surface area contributed by atoms with E-state index in [0.29, 0.717) is 33.7 Å². The molecule has 1 aliphatic carbocycles. The van der Waals surface area contributed by atoms with E-state index in [9.17, 15) is 29.1 Å². The van der Waals surface area contributed by atoms with Gasteiger partial charge >= 0.3 is 11.4 Å². The number of aromatic nitrogens is 5. The molecule has 7 rings (SSSR count). The van der Waals surface area contributed by atoms with Crippen molar-refractivity contribution >= 4 is 46.0 Å². The van der Waals surface area contributed by atoms with E-state index in [4.69, 9.17) is 32.7 Å². The van der Waals surface area contributed by atoms with Gasteiger partial charge in [-0.3, -0.25) is 19.3 Å². The molecule has 0 spiro atoms. The van der Waals surface area contributed by atoms with E-state index in [1.807, 2.05) is 0 Å². The molecule has 4 unspecified atom stereocenters. The van der Waals surface area contributed by atoms with Crippen LogP contribution < -0.4 is 26.4 Å². The second kappa shape index (κ2) is 10.9. The summed E-state index contributed by atoms with van der Waals surface area (Å²) in [5.41, 5.74) is 0.279. The quantitative estimate of drug-likeness (QED) is 0.180. The molecule has 14 nitrogen and oxygen atoms in total. The van der Waals surface area contributed by atoms with Gasteiger partial charge in [-0.15, -0.1) is 23.2 Å². The predicted molar refractivity (Wildman–Crippen MR) is 174 cm³/mol. The highest BCUT2D eigenvalue weighted by molar-refractivity contribution is 6.53. The highest BCUT2D eigenvalue weighted by Gasteiger charge is 2.74. The van der Waals surface area contributed by atoms with Gasteiger partial charge in [0.2, 0.25) is 0 Å². The molecule has 3 aliphatic rings. The number of nitrogens with zero attached hydrogens (tertiary/aromatic N) is 6. The Morgan fingerprint density at radius 1 is 0.979 bits per heavy atom. The number of allylic oxidation sites excluding steroid dienone is 2. The molecule has 1 N–H and O–H groups in total. The van der Waals surface area contributed by atoms with Crippen molar-refractivity contribution in [2.75, 3.05) is 21.3 Å². The van der Waals surface area contributed by atoms with Crippen LogP contribution in [0.4, 0.5) is 0 Å². The van der Waals surface area contributed by atoms with Crippen LogP contribution in [-0.2, 0) is 36.1 Å². The van der Waals surface area contributed by atoms with Crippen LogP contribution in [0.25, 0.3) is 11.0 Å². The number of rotatable bonds is 6. The Hall–Kier alpha value is -4.82. The number of alkyl halides is 2. The first kappa shape index (κ1) is 31.8. The number of aromatic hydroxyl groups is 1. The molecule has 2 fully saturated rings. The Labute approximate surface area is 281 Å². The average molecular weight is 698 g/mol. The molecule has 1 saturated heterocycles. The SMILES string of the molecule is COc1cc2nc(CCn3c(=O)n4n(c3=O)C3CC5(Cl)C(=O)N(C)C(=O)C5(Cl)C(c5cccc(O)c5)C3=CC4)c(=O)n(C)c2cc1OC. The summed E-state index contributed by atoms with van der Waals surface area (Å²) in [5.74, 6) is -1.71. The minimum atomic E-state index is -1.98. The van der Waals surface area contributed by atoms with Crippen molar-refractivity contribution in [3.05, 3.63) is 90.6 Å². The van der Waals surface area contributed by atoms with Gasteiger partial charge in [-0.2, -0.15) is 0 Å². The van der Waals surface area contributed by atoms with E-state index < -0.39 is 50.5 Å². The van der Waals surface area contributed by atoms with Gasteiger partial charge in [0.15, 0.2) is 21.2 Å². The summed E-state index contributed by atoms with van der Waals surface area (Å²) >= 11 is 14.3. The Bertz CT molecular complexity index is 2290. The topological polar surface area (TPSA) is 160 Å². The maximum absolute atomic E-state index is 14.1. The first-order valence-corrected chi connectivity index (χ1v) is 15.8. The third-order valence-electron chi connectivity index (χ3n) is 9.79. The van der Waals surface area contributed by atoms with Crippen molar-refractivity contribution in [3.8, 4) is 17.2 Å². The lowest BCUT2D eigenvalue weighted by molar-refractivity contribution is -0.137. The van der Waals surface area contributed by atoms with Crippen molar-refractivity contribution in [2.24, 2.45) is 7.05 Å². The number of halogens is 2. The Morgan fingerprint density at radius 2 is 1.69 bits per heavy atom. The number of aryl methyl sites for hydroxylation is 2. The van der Waals surface area contributed by atoms with Gasteiger partial charge in [-0.25, -0.2) is 28.5 Å². The van der Waals surface area contributed by atoms with Crippen LogP contribution in [0.1, 0.15) is 29.6 Å². The van der Waals surface area contributed by atoms with Gasteiger partial charge in [-0.05, 0) is 23.3 Å². The molecule has 0 radical (unpaired) electrons. The lowest BCUT2D eigenvalue weighted by Crippen LogP contribution is -2.59. The number of carbonyl (C=O) groups excluding carboxylic acids is 2. The first-order valence-electron chi connectivity index (χ1n) is 15.0. The number of methoxy groups -OCH3 is 2. The fourth-order valence-corrected chi connectivity index (χ4v) is 8.41. The number of phenolic OH excluding ortho intramolecular Hbond substituents is 1. The van der Waals surface area contributed by atoms with Gasteiger partial charge in [0.05, 0.1) is 37.8 Å². The molecule has 4 aromatic rings. The van der Waals surface area contributed by atoms with Crippen LogP contribution in [0.15, 0.2) is 62.4 Å². The Balaban J connectivity index is 1.31. The summed E-state index contributed by atoms with van der Waals surface area (Å²) < 4.78 is 15.6. The third kappa shape index (κ3) is 4.11. The zero-order valence-corrected chi connectivity index (χ0v) is 27.8. The number of likely N-dealkylation sites (tertiary alicyclic amines) is 1. The standard InChI is InChI=1S/C32H30Cl2N6O8/c1-36-21-14-24(48-4)23(47-3)13-20(21)35-19(26(36)42)9-10-38-29(45)39-11-8-18-22(40(39)30(38)46)15-31(33)27(43)37(2)28(44)32(31,34)25(18)16-6-5-7-17(41)12-16/h5-8,12-14,22,25,41H,9-11,15H2,1-4H3. The molecule has 2 amide bonds. The lowest BCUT2D eigenvalue weighted by atomic mass is 9.64. The number of hydrogen-bond donors (Lipinski definition) is 1. The summed E-state index contributed by atoms with van der Waals surface area (Å²) in [6, 6.07) is 8.47. The summed E-state index contributed by atoms with van der Waals surface area (Å²) in [5, 5.41) is 10.3. The summed E-state index contributed by atoms with van der Waals surface area (Å²) in [7, 11) is 5.85. The smallest absolute Gasteiger partial charge is 0.347 e. The van der Waals surface area contributed by atoms with Crippen molar-refractivity contribution in [3.63, 3.8) is 0 Å². The number of imide groups is 1. The molecule has 2 aromatic carbocycles. The highest BCUT2D eigenvalue weighted by Crippen LogP contribution is 2.63. The monoisotopic (exact) mass is 696 g/mol. The maximum Gasteiger partial charge on any atom is 0.347 e. The van der Waals surface area contributed by atoms with Crippen molar-refractivity contribution in [1.29, 1.82) is 0 Å². The van der Waals surface area contributed by atoms with Crippen molar-refractivity contribution < 1.29 is 24.2 Å². The van der Waals surface area contributed by atoms with Gasteiger partial charge in [0.25, 0.3) is 17.4 Å². The molecule has 2 aromatic heterocycles. The number of fused-ring (bicyclic) bond motifs is 5. The zero-order valence-electron chi connectivity index (χ0n) is 26.3. The second-order valence-electron chi connectivity index (χ2n) is 12.1. The Morgan fingerprint density at radius 3 is 2.38 bits per heavy atom. The normalized spacial score (nSPS) is 24.7. The van der Waals surface area contributed by atoms with Crippen LogP contribution in [-0.4, -0.2) is 76.3 Å². The number of carbonyl (C=O) groups is 2. The minimum Gasteiger partial charge on any atom is -0.508 e. The predicted octanol–water partition coefficient (Wildman–Crippen LogP) is 1.65. The van der Waals surface area contributed by atoms with Crippen LogP contribution in [0, 0.1) is 0 Å². The van der Waals surface area contributed by atoms with Crippen LogP contribution in [0.2, 0.25) is 0 Å². The summed E-state index contributed by atoms with van der Waals surface area (Å²) in [4.78, 5) is 69.7. The zero-order chi connectivity index (χ0) is 34.4. The largest absolute Gasteiger partial charge is 0.508 e. The van der Waals surface area contributed by atoms with Crippen LogP contribution >= 0.6 is 23.2 Å². The summed E-state index contributed by atoms with van der Waals surface area (Å²) in [6.45, 7) is -0.213. The number of amides is 2. The highest BCUT2D eigenvalue weighted by atomic mass is 35.5. The van der Waals surface area contributed by atoms with Gasteiger partial charge in [0.1, 0.15) is 11.4 Å². The average Bonchev–Trinajstić information content (AvgIpc) is 3.39. The summed E-state index contributed by atoms with van der Waals surface area (Å²) in [6.07, 6.45) is 1.41. The fraction of sp³-hybridized carbons (Fsp3) is 0.375.